The maximum Gasteiger partial charge on any atom is 0.315 e. The molecule has 0 aliphatic heterocycles. The number of rotatable bonds is 5. The van der Waals surface area contributed by atoms with Crippen LogP contribution in [0.15, 0.2) is 41.9 Å². The number of nitrogens with zero attached hydrogens (tertiary/aromatic N) is 1. The quantitative estimate of drug-likeness (QED) is 0.889. The first-order valence-corrected chi connectivity index (χ1v) is 8.66. The molecule has 3 rings (SSSR count). The van der Waals surface area contributed by atoms with Crippen LogP contribution < -0.4 is 10.6 Å². The monoisotopic (exact) mass is 315 g/mol. The summed E-state index contributed by atoms with van der Waals surface area (Å²) in [5.74, 6) is 0.535. The van der Waals surface area contributed by atoms with Crippen LogP contribution in [0.25, 0.3) is 0 Å². The van der Waals surface area contributed by atoms with E-state index in [1.807, 2.05) is 11.4 Å². The summed E-state index contributed by atoms with van der Waals surface area (Å²) in [6.45, 7) is 0.500. The van der Waals surface area contributed by atoms with Crippen molar-refractivity contribution in [2.45, 2.75) is 38.3 Å². The molecule has 1 aromatic carbocycles. The number of urea groups is 1. The Kier molecular flexibility index (Phi) is 5.06. The van der Waals surface area contributed by atoms with Gasteiger partial charge in [0.05, 0.1) is 6.54 Å². The molecule has 2 amide bonds. The fourth-order valence-electron chi connectivity index (χ4n) is 3.10. The highest BCUT2D eigenvalue weighted by molar-refractivity contribution is 7.09. The van der Waals surface area contributed by atoms with E-state index in [9.17, 15) is 4.79 Å². The summed E-state index contributed by atoms with van der Waals surface area (Å²) < 4.78 is 0. The van der Waals surface area contributed by atoms with Crippen molar-refractivity contribution in [3.8, 4) is 0 Å². The number of benzene rings is 1. The van der Waals surface area contributed by atoms with Crippen molar-refractivity contribution in [1.29, 1.82) is 0 Å². The molecule has 0 unspecified atom stereocenters. The zero-order chi connectivity index (χ0) is 15.2. The van der Waals surface area contributed by atoms with Gasteiger partial charge in [0.2, 0.25) is 0 Å². The highest BCUT2D eigenvalue weighted by Crippen LogP contribution is 2.28. The standard InChI is InChI=1S/C17H21N3OS/c21-17(19-12-16-18-9-10-22-16)20-15-8-4-7-14(15)11-13-5-2-1-3-6-13/h1-3,5-6,9-10,14-15H,4,7-8,11-12H2,(H2,19,20,21)/t14-,15-/m1/s1. The highest BCUT2D eigenvalue weighted by atomic mass is 32.1. The summed E-state index contributed by atoms with van der Waals surface area (Å²) in [7, 11) is 0. The number of nitrogens with one attached hydrogen (secondary N) is 2. The van der Waals surface area contributed by atoms with Gasteiger partial charge in [-0.3, -0.25) is 0 Å². The third kappa shape index (κ3) is 4.07. The lowest BCUT2D eigenvalue weighted by Gasteiger charge is -2.21. The SMILES string of the molecule is O=C(NCc1nccs1)N[C@@H]1CCC[C@@H]1Cc1ccccc1. The van der Waals surface area contributed by atoms with Crippen LogP contribution in [0, 0.1) is 5.92 Å². The molecular weight excluding hydrogens is 294 g/mol. The van der Waals surface area contributed by atoms with Gasteiger partial charge in [-0.25, -0.2) is 9.78 Å². The maximum atomic E-state index is 12.0. The smallest absolute Gasteiger partial charge is 0.315 e. The lowest BCUT2D eigenvalue weighted by molar-refractivity contribution is 0.233. The molecule has 0 spiro atoms. The summed E-state index contributed by atoms with van der Waals surface area (Å²) >= 11 is 1.56. The lowest BCUT2D eigenvalue weighted by atomic mass is 9.95. The molecule has 1 aliphatic rings. The second-order valence-electron chi connectivity index (χ2n) is 5.74. The van der Waals surface area contributed by atoms with Gasteiger partial charge in [0.1, 0.15) is 5.01 Å². The number of hydrogen-bond donors (Lipinski definition) is 2. The first-order valence-electron chi connectivity index (χ1n) is 7.78. The molecule has 0 saturated heterocycles. The number of thiazole rings is 1. The summed E-state index contributed by atoms with van der Waals surface area (Å²) in [5, 5.41) is 8.88. The Morgan fingerprint density at radius 2 is 2.14 bits per heavy atom. The maximum absolute atomic E-state index is 12.0. The van der Waals surface area contributed by atoms with E-state index in [4.69, 9.17) is 0 Å². The van der Waals surface area contributed by atoms with Gasteiger partial charge in [-0.2, -0.15) is 0 Å². The Morgan fingerprint density at radius 3 is 2.91 bits per heavy atom. The van der Waals surface area contributed by atoms with Gasteiger partial charge < -0.3 is 10.6 Å². The first-order chi connectivity index (χ1) is 10.8. The van der Waals surface area contributed by atoms with Gasteiger partial charge in [-0.1, -0.05) is 36.8 Å². The molecule has 0 bridgehead atoms. The molecule has 4 nitrogen and oxygen atoms in total. The van der Waals surface area contributed by atoms with Crippen LogP contribution in [-0.2, 0) is 13.0 Å². The molecule has 22 heavy (non-hydrogen) atoms. The summed E-state index contributed by atoms with van der Waals surface area (Å²) in [6.07, 6.45) is 6.24. The highest BCUT2D eigenvalue weighted by Gasteiger charge is 2.28. The van der Waals surface area contributed by atoms with E-state index >= 15 is 0 Å². The Morgan fingerprint density at radius 1 is 1.27 bits per heavy atom. The molecule has 1 fully saturated rings. The van der Waals surface area contributed by atoms with Gasteiger partial charge in [0.25, 0.3) is 0 Å². The van der Waals surface area contributed by atoms with Crippen LogP contribution in [0.5, 0.6) is 0 Å². The van der Waals surface area contributed by atoms with Crippen LogP contribution >= 0.6 is 11.3 Å². The summed E-state index contributed by atoms with van der Waals surface area (Å²) in [5.41, 5.74) is 1.35. The fraction of sp³-hybridized carbons (Fsp3) is 0.412. The second kappa shape index (κ2) is 7.40. The average molecular weight is 315 g/mol. The largest absolute Gasteiger partial charge is 0.335 e. The average Bonchev–Trinajstić information content (AvgIpc) is 3.19. The number of amides is 2. The van der Waals surface area contributed by atoms with Crippen molar-refractivity contribution in [1.82, 2.24) is 15.6 Å². The van der Waals surface area contributed by atoms with E-state index in [0.29, 0.717) is 12.5 Å². The predicted molar refractivity (Wildman–Crippen MR) is 88.8 cm³/mol. The Balaban J connectivity index is 1.49. The van der Waals surface area contributed by atoms with Crippen molar-refractivity contribution in [3.05, 3.63) is 52.5 Å². The Bertz CT molecular complexity index is 585. The Hall–Kier alpha value is -1.88. The molecule has 5 heteroatoms. The fourth-order valence-corrected chi connectivity index (χ4v) is 3.66. The molecule has 2 aromatic rings. The zero-order valence-electron chi connectivity index (χ0n) is 12.5. The van der Waals surface area contributed by atoms with Crippen LogP contribution in [-0.4, -0.2) is 17.1 Å². The number of aromatic nitrogens is 1. The van der Waals surface area contributed by atoms with Crippen LogP contribution in [0.2, 0.25) is 0 Å². The van der Waals surface area contributed by atoms with E-state index in [0.717, 1.165) is 17.8 Å². The molecule has 1 aliphatic carbocycles. The van der Waals surface area contributed by atoms with Crippen LogP contribution in [0.4, 0.5) is 4.79 Å². The van der Waals surface area contributed by atoms with Crippen molar-refractivity contribution < 1.29 is 4.79 Å². The molecular formula is C17H21N3OS. The second-order valence-corrected chi connectivity index (χ2v) is 6.72. The van der Waals surface area contributed by atoms with E-state index in [2.05, 4.69) is 39.9 Å². The van der Waals surface area contributed by atoms with Gasteiger partial charge >= 0.3 is 6.03 Å². The van der Waals surface area contributed by atoms with Gasteiger partial charge in [0.15, 0.2) is 0 Å². The summed E-state index contributed by atoms with van der Waals surface area (Å²) in [4.78, 5) is 16.2. The molecule has 2 N–H and O–H groups in total. The molecule has 2 atom stereocenters. The minimum absolute atomic E-state index is 0.0832. The molecule has 1 heterocycles. The first kappa shape index (κ1) is 15.0. The Labute approximate surface area is 135 Å². The van der Waals surface area contributed by atoms with Crippen molar-refractivity contribution in [3.63, 3.8) is 0 Å². The van der Waals surface area contributed by atoms with Gasteiger partial charge in [0, 0.05) is 17.6 Å². The minimum Gasteiger partial charge on any atom is -0.335 e. The minimum atomic E-state index is -0.0832. The molecule has 116 valence electrons. The topological polar surface area (TPSA) is 54.0 Å². The predicted octanol–water partition coefficient (Wildman–Crippen LogP) is 3.35. The van der Waals surface area contributed by atoms with Crippen molar-refractivity contribution in [2.75, 3.05) is 0 Å². The molecule has 0 radical (unpaired) electrons. The van der Waals surface area contributed by atoms with E-state index in [-0.39, 0.29) is 12.1 Å². The molecule has 1 aromatic heterocycles. The third-order valence-corrected chi connectivity index (χ3v) is 4.98. The van der Waals surface area contributed by atoms with Crippen LogP contribution in [0.1, 0.15) is 29.8 Å². The number of carbonyl (C=O) groups is 1. The number of hydrogen-bond acceptors (Lipinski definition) is 3. The lowest BCUT2D eigenvalue weighted by Crippen LogP contribution is -2.43. The van der Waals surface area contributed by atoms with Crippen molar-refractivity contribution in [2.24, 2.45) is 5.92 Å². The third-order valence-electron chi connectivity index (χ3n) is 4.20. The van der Waals surface area contributed by atoms with Crippen LogP contribution in [0.3, 0.4) is 0 Å². The molecule has 1 saturated carbocycles. The van der Waals surface area contributed by atoms with E-state index < -0.39 is 0 Å². The van der Waals surface area contributed by atoms with E-state index in [1.165, 1.54) is 18.4 Å². The van der Waals surface area contributed by atoms with Gasteiger partial charge in [-0.15, -0.1) is 11.3 Å². The zero-order valence-corrected chi connectivity index (χ0v) is 13.3. The normalized spacial score (nSPS) is 20.7. The van der Waals surface area contributed by atoms with Gasteiger partial charge in [-0.05, 0) is 30.7 Å². The summed E-state index contributed by atoms with van der Waals surface area (Å²) in [6, 6.07) is 10.7. The number of carbonyl (C=O) groups excluding carboxylic acids is 1. The van der Waals surface area contributed by atoms with E-state index in [1.54, 1.807) is 17.5 Å². The van der Waals surface area contributed by atoms with Crippen molar-refractivity contribution >= 4 is 17.4 Å².